The topological polar surface area (TPSA) is 52.6 Å². The highest BCUT2D eigenvalue weighted by Crippen LogP contribution is 2.30. The van der Waals surface area contributed by atoms with Crippen LogP contribution in [0.15, 0.2) is 0 Å². The molecule has 0 fully saturated rings. The highest BCUT2D eigenvalue weighted by atomic mass is 16.6. The van der Waals surface area contributed by atoms with Crippen LogP contribution < -0.4 is 0 Å². The Balaban J connectivity index is 4.27. The van der Waals surface area contributed by atoms with Gasteiger partial charge in [-0.1, -0.05) is 73.1 Å². The molecule has 0 atom stereocenters. The molecule has 4 nitrogen and oxygen atoms in total. The molecule has 0 heterocycles. The van der Waals surface area contributed by atoms with Gasteiger partial charge in [-0.15, -0.1) is 0 Å². The van der Waals surface area contributed by atoms with Crippen LogP contribution in [0, 0.1) is 11.3 Å². The van der Waals surface area contributed by atoms with E-state index < -0.39 is 17.4 Å². The van der Waals surface area contributed by atoms with E-state index in [-0.39, 0.29) is 0 Å². The predicted molar refractivity (Wildman–Crippen MR) is 102 cm³/mol. The fourth-order valence-corrected chi connectivity index (χ4v) is 2.80. The second-order valence-corrected chi connectivity index (χ2v) is 7.36. The van der Waals surface area contributed by atoms with Crippen LogP contribution in [-0.2, 0) is 19.1 Å². The van der Waals surface area contributed by atoms with Crippen molar-refractivity contribution in [1.29, 1.82) is 0 Å². The summed E-state index contributed by atoms with van der Waals surface area (Å²) < 4.78 is 10.8. The lowest BCUT2D eigenvalue weighted by Crippen LogP contribution is -2.41. The zero-order valence-corrected chi connectivity index (χ0v) is 17.2. The molecule has 0 radical (unpaired) electrons. The number of esters is 2. The Morgan fingerprint density at radius 2 is 1.24 bits per heavy atom. The molecular formula is C21H40O4. The fraction of sp³-hybridized carbons (Fsp3) is 0.905. The lowest BCUT2D eigenvalue weighted by molar-refractivity contribution is -0.173. The predicted octanol–water partition coefficient (Wildman–Crippen LogP) is 5.68. The lowest BCUT2D eigenvalue weighted by atomic mass is 9.82. The number of hydrogen-bond acceptors (Lipinski definition) is 4. The zero-order valence-electron chi connectivity index (χ0n) is 17.2. The molecule has 0 saturated heterocycles. The number of ether oxygens (including phenoxy) is 2. The van der Waals surface area contributed by atoms with Gasteiger partial charge < -0.3 is 9.47 Å². The summed E-state index contributed by atoms with van der Waals surface area (Å²) in [5.74, 6) is -0.379. The van der Waals surface area contributed by atoms with Crippen LogP contribution in [0.25, 0.3) is 0 Å². The van der Waals surface area contributed by atoms with Crippen LogP contribution in [0.1, 0.15) is 98.8 Å². The van der Waals surface area contributed by atoms with Crippen LogP contribution in [0.4, 0.5) is 0 Å². The minimum atomic E-state index is -1.14. The maximum Gasteiger partial charge on any atom is 0.323 e. The van der Waals surface area contributed by atoms with Gasteiger partial charge in [-0.3, -0.25) is 9.59 Å². The summed E-state index contributed by atoms with van der Waals surface area (Å²) in [7, 11) is 0. The first kappa shape index (κ1) is 23.9. The maximum absolute atomic E-state index is 12.5. The molecule has 0 aromatic carbocycles. The van der Waals surface area contributed by atoms with Crippen LogP contribution in [0.5, 0.6) is 0 Å². The van der Waals surface area contributed by atoms with E-state index in [1.54, 1.807) is 0 Å². The molecule has 0 aliphatic heterocycles. The van der Waals surface area contributed by atoms with E-state index in [1.165, 1.54) is 32.1 Å². The van der Waals surface area contributed by atoms with E-state index >= 15 is 0 Å². The third-order valence-electron chi connectivity index (χ3n) is 4.90. The van der Waals surface area contributed by atoms with Gasteiger partial charge in [0.15, 0.2) is 5.41 Å². The molecule has 25 heavy (non-hydrogen) atoms. The van der Waals surface area contributed by atoms with Gasteiger partial charge in [-0.05, 0) is 31.6 Å². The second-order valence-electron chi connectivity index (χ2n) is 7.36. The van der Waals surface area contributed by atoms with Gasteiger partial charge >= 0.3 is 11.9 Å². The Morgan fingerprint density at radius 1 is 0.760 bits per heavy atom. The molecule has 0 aliphatic carbocycles. The Kier molecular flexibility index (Phi) is 13.5. The summed E-state index contributed by atoms with van der Waals surface area (Å²) in [6.45, 7) is 10.8. The molecule has 148 valence electrons. The van der Waals surface area contributed by atoms with Crippen molar-refractivity contribution in [2.24, 2.45) is 11.3 Å². The van der Waals surface area contributed by atoms with E-state index in [9.17, 15) is 9.59 Å². The van der Waals surface area contributed by atoms with Crippen molar-refractivity contribution in [3.63, 3.8) is 0 Å². The zero-order chi connectivity index (χ0) is 19.1. The van der Waals surface area contributed by atoms with Crippen LogP contribution in [-0.4, -0.2) is 25.2 Å². The summed E-state index contributed by atoms with van der Waals surface area (Å²) in [5, 5.41) is 0. The summed E-state index contributed by atoms with van der Waals surface area (Å²) in [5.41, 5.74) is -1.14. The van der Waals surface area contributed by atoms with E-state index in [4.69, 9.17) is 9.47 Å². The van der Waals surface area contributed by atoms with Gasteiger partial charge in [0.1, 0.15) is 0 Å². The number of rotatable bonds is 15. The molecule has 0 N–H and O–H groups in total. The molecule has 0 aliphatic rings. The highest BCUT2D eigenvalue weighted by Gasteiger charge is 2.45. The maximum atomic E-state index is 12.5. The van der Waals surface area contributed by atoms with Crippen molar-refractivity contribution in [1.82, 2.24) is 0 Å². The van der Waals surface area contributed by atoms with E-state index in [0.717, 1.165) is 19.3 Å². The van der Waals surface area contributed by atoms with E-state index in [2.05, 4.69) is 20.8 Å². The number of unbranched alkanes of at least 4 members (excludes halogenated alkanes) is 6. The van der Waals surface area contributed by atoms with Gasteiger partial charge in [-0.25, -0.2) is 0 Å². The lowest BCUT2D eigenvalue weighted by Gasteiger charge is -2.27. The summed E-state index contributed by atoms with van der Waals surface area (Å²) in [6.07, 6.45) is 9.84. The fourth-order valence-electron chi connectivity index (χ4n) is 2.80. The van der Waals surface area contributed by atoms with Crippen molar-refractivity contribution in [2.45, 2.75) is 98.8 Å². The van der Waals surface area contributed by atoms with Gasteiger partial charge in [0.2, 0.25) is 0 Å². The third kappa shape index (κ3) is 9.27. The molecular weight excluding hydrogens is 316 g/mol. The monoisotopic (exact) mass is 356 g/mol. The Hall–Kier alpha value is -1.06. The van der Waals surface area contributed by atoms with Gasteiger partial charge in [-0.2, -0.15) is 0 Å². The van der Waals surface area contributed by atoms with Crippen molar-refractivity contribution >= 4 is 11.9 Å². The highest BCUT2D eigenvalue weighted by molar-refractivity contribution is 5.99. The molecule has 0 saturated carbocycles. The second kappa shape index (κ2) is 14.1. The molecule has 0 aromatic rings. The van der Waals surface area contributed by atoms with Crippen LogP contribution in [0.3, 0.4) is 0 Å². The standard InChI is InChI=1S/C21H40O4/c1-6-9-10-11-12-13-14-16-24-19(22)21(7-2,8-3)20(23)25-17-15-18(4)5/h18H,6-17H2,1-5H3. The quantitative estimate of drug-likeness (QED) is 0.215. The largest absolute Gasteiger partial charge is 0.465 e. The number of carbonyl (C=O) groups is 2. The normalized spacial score (nSPS) is 11.6. The van der Waals surface area contributed by atoms with E-state index in [1.807, 2.05) is 13.8 Å². The van der Waals surface area contributed by atoms with Crippen molar-refractivity contribution < 1.29 is 19.1 Å². The first-order valence-corrected chi connectivity index (χ1v) is 10.3. The number of hydrogen-bond donors (Lipinski definition) is 0. The number of carbonyl (C=O) groups excluding carboxylic acids is 2. The van der Waals surface area contributed by atoms with E-state index in [0.29, 0.717) is 32.0 Å². The van der Waals surface area contributed by atoms with Gasteiger partial charge in [0.05, 0.1) is 13.2 Å². The Morgan fingerprint density at radius 3 is 1.72 bits per heavy atom. The molecule has 0 unspecified atom stereocenters. The molecule has 0 aromatic heterocycles. The Bertz CT molecular complexity index is 359. The summed E-state index contributed by atoms with van der Waals surface area (Å²) in [6, 6.07) is 0. The van der Waals surface area contributed by atoms with Gasteiger partial charge in [0.25, 0.3) is 0 Å². The first-order chi connectivity index (χ1) is 11.9. The first-order valence-electron chi connectivity index (χ1n) is 10.3. The molecule has 0 amide bonds. The minimum absolute atomic E-state index is 0.364. The SMILES string of the molecule is CCCCCCCCCOC(=O)C(CC)(CC)C(=O)OCCC(C)C. The smallest absolute Gasteiger partial charge is 0.323 e. The van der Waals surface area contributed by atoms with Crippen LogP contribution >= 0.6 is 0 Å². The van der Waals surface area contributed by atoms with Crippen LogP contribution in [0.2, 0.25) is 0 Å². The Labute approximate surface area is 155 Å². The van der Waals surface area contributed by atoms with Gasteiger partial charge in [0, 0.05) is 0 Å². The summed E-state index contributed by atoms with van der Waals surface area (Å²) in [4.78, 5) is 25.0. The third-order valence-corrected chi connectivity index (χ3v) is 4.90. The summed E-state index contributed by atoms with van der Waals surface area (Å²) >= 11 is 0. The van der Waals surface area contributed by atoms with Crippen molar-refractivity contribution in [2.75, 3.05) is 13.2 Å². The average Bonchev–Trinajstić information content (AvgIpc) is 2.58. The molecule has 0 bridgehead atoms. The molecule has 0 spiro atoms. The van der Waals surface area contributed by atoms with Crippen molar-refractivity contribution in [3.05, 3.63) is 0 Å². The molecule has 4 heteroatoms. The molecule has 0 rings (SSSR count). The average molecular weight is 357 g/mol. The van der Waals surface area contributed by atoms with Crippen molar-refractivity contribution in [3.8, 4) is 0 Å². The minimum Gasteiger partial charge on any atom is -0.465 e.